The summed E-state index contributed by atoms with van der Waals surface area (Å²) in [5.41, 5.74) is 0. The molecule has 0 aliphatic rings. The third kappa shape index (κ3) is 4.62. The minimum Gasteiger partial charge on any atom is -0.294 e. The lowest BCUT2D eigenvalue weighted by Gasteiger charge is -2.04. The highest BCUT2D eigenvalue weighted by atomic mass is 32.2. The van der Waals surface area contributed by atoms with Crippen molar-refractivity contribution in [2.24, 2.45) is 0 Å². The zero-order chi connectivity index (χ0) is 7.98. The molecule has 2 heteroatoms. The fourth-order valence-corrected chi connectivity index (χ4v) is 1.20. The van der Waals surface area contributed by atoms with E-state index in [1.54, 1.807) is 11.8 Å². The Balaban J connectivity index is 3.34. The summed E-state index contributed by atoms with van der Waals surface area (Å²) in [5, 5.41) is 0.587. The second-order valence-corrected chi connectivity index (χ2v) is 3.63. The molecule has 0 saturated carbocycles. The zero-order valence-electron chi connectivity index (χ0n) is 6.59. The van der Waals surface area contributed by atoms with Crippen LogP contribution in [-0.2, 0) is 4.79 Å². The van der Waals surface area contributed by atoms with Crippen LogP contribution in [0.15, 0.2) is 12.7 Å². The molecule has 0 radical (unpaired) electrons. The number of carbonyl (C=O) groups excluding carboxylic acids is 1. The number of ketones is 1. The van der Waals surface area contributed by atoms with E-state index in [1.165, 1.54) is 6.08 Å². The van der Waals surface area contributed by atoms with Gasteiger partial charge in [0.25, 0.3) is 0 Å². The SMILES string of the molecule is C=CC(=O)CSC(C)CC. The zero-order valence-corrected chi connectivity index (χ0v) is 7.41. The van der Waals surface area contributed by atoms with Crippen LogP contribution in [0.3, 0.4) is 0 Å². The summed E-state index contributed by atoms with van der Waals surface area (Å²) in [6.07, 6.45) is 2.50. The monoisotopic (exact) mass is 158 g/mol. The molecule has 0 saturated heterocycles. The predicted molar refractivity (Wildman–Crippen MR) is 47.4 cm³/mol. The van der Waals surface area contributed by atoms with Crippen LogP contribution < -0.4 is 0 Å². The van der Waals surface area contributed by atoms with Gasteiger partial charge in [-0.15, -0.1) is 0 Å². The first-order valence-electron chi connectivity index (χ1n) is 3.47. The van der Waals surface area contributed by atoms with Gasteiger partial charge in [0.2, 0.25) is 0 Å². The van der Waals surface area contributed by atoms with Gasteiger partial charge in [-0.2, -0.15) is 11.8 Å². The topological polar surface area (TPSA) is 17.1 Å². The molecule has 1 nitrogen and oxygen atoms in total. The van der Waals surface area contributed by atoms with E-state index in [-0.39, 0.29) is 5.78 Å². The van der Waals surface area contributed by atoms with Crippen LogP contribution in [0.25, 0.3) is 0 Å². The van der Waals surface area contributed by atoms with E-state index in [1.807, 2.05) is 0 Å². The summed E-state index contributed by atoms with van der Waals surface area (Å²) in [7, 11) is 0. The number of carbonyl (C=O) groups is 1. The maximum Gasteiger partial charge on any atom is 0.164 e. The smallest absolute Gasteiger partial charge is 0.164 e. The van der Waals surface area contributed by atoms with Gasteiger partial charge >= 0.3 is 0 Å². The Morgan fingerprint density at radius 2 is 2.40 bits per heavy atom. The minimum absolute atomic E-state index is 0.130. The highest BCUT2D eigenvalue weighted by Gasteiger charge is 2.01. The van der Waals surface area contributed by atoms with Crippen LogP contribution in [0, 0.1) is 0 Å². The predicted octanol–water partition coefficient (Wildman–Crippen LogP) is 2.27. The summed E-state index contributed by atoms with van der Waals surface area (Å²) in [5.74, 6) is 0.712. The van der Waals surface area contributed by atoms with Crippen molar-refractivity contribution in [2.45, 2.75) is 25.5 Å². The second kappa shape index (κ2) is 5.54. The van der Waals surface area contributed by atoms with Gasteiger partial charge in [-0.05, 0) is 12.5 Å². The van der Waals surface area contributed by atoms with Gasteiger partial charge in [0, 0.05) is 5.25 Å². The van der Waals surface area contributed by atoms with Crippen LogP contribution in [0.5, 0.6) is 0 Å². The standard InChI is InChI=1S/C8H14OS/c1-4-7(3)10-6-8(9)5-2/h5,7H,2,4,6H2,1,3H3. The van der Waals surface area contributed by atoms with E-state index >= 15 is 0 Å². The molecule has 10 heavy (non-hydrogen) atoms. The Bertz CT molecular complexity index is 120. The van der Waals surface area contributed by atoms with E-state index in [4.69, 9.17) is 0 Å². The third-order valence-electron chi connectivity index (χ3n) is 1.31. The van der Waals surface area contributed by atoms with E-state index in [2.05, 4.69) is 20.4 Å². The Morgan fingerprint density at radius 3 is 2.80 bits per heavy atom. The molecule has 1 unspecified atom stereocenters. The summed E-state index contributed by atoms with van der Waals surface area (Å²) in [4.78, 5) is 10.7. The third-order valence-corrected chi connectivity index (χ3v) is 2.67. The van der Waals surface area contributed by atoms with Gasteiger partial charge < -0.3 is 0 Å². The molecule has 0 fully saturated rings. The van der Waals surface area contributed by atoms with Crippen LogP contribution in [0.2, 0.25) is 0 Å². The van der Waals surface area contributed by atoms with E-state index < -0.39 is 0 Å². The first kappa shape index (κ1) is 9.76. The number of allylic oxidation sites excluding steroid dienone is 1. The van der Waals surface area contributed by atoms with Crippen molar-refractivity contribution < 1.29 is 4.79 Å². The molecular weight excluding hydrogens is 144 g/mol. The van der Waals surface area contributed by atoms with Crippen LogP contribution in [0.4, 0.5) is 0 Å². The molecule has 0 amide bonds. The Kier molecular flexibility index (Phi) is 5.40. The Morgan fingerprint density at radius 1 is 1.80 bits per heavy atom. The van der Waals surface area contributed by atoms with E-state index in [0.29, 0.717) is 11.0 Å². The number of hydrogen-bond acceptors (Lipinski definition) is 2. The van der Waals surface area contributed by atoms with Crippen molar-refractivity contribution in [1.29, 1.82) is 0 Å². The van der Waals surface area contributed by atoms with Crippen molar-refractivity contribution in [2.75, 3.05) is 5.75 Å². The molecule has 0 aromatic heterocycles. The number of rotatable bonds is 5. The maximum absolute atomic E-state index is 10.7. The van der Waals surface area contributed by atoms with Crippen molar-refractivity contribution in [3.05, 3.63) is 12.7 Å². The van der Waals surface area contributed by atoms with Crippen LogP contribution in [0.1, 0.15) is 20.3 Å². The number of thioether (sulfide) groups is 1. The van der Waals surface area contributed by atoms with E-state index in [9.17, 15) is 4.79 Å². The summed E-state index contributed by atoms with van der Waals surface area (Å²) < 4.78 is 0. The molecule has 58 valence electrons. The molecule has 0 spiro atoms. The molecule has 0 aromatic rings. The van der Waals surface area contributed by atoms with Crippen LogP contribution in [-0.4, -0.2) is 16.8 Å². The van der Waals surface area contributed by atoms with Gasteiger partial charge in [0.1, 0.15) is 0 Å². The Hall–Kier alpha value is -0.240. The molecular formula is C8H14OS. The van der Waals surface area contributed by atoms with Gasteiger partial charge in [-0.3, -0.25) is 4.79 Å². The maximum atomic E-state index is 10.7. The lowest BCUT2D eigenvalue weighted by molar-refractivity contribution is -0.112. The van der Waals surface area contributed by atoms with Crippen molar-refractivity contribution in [3.63, 3.8) is 0 Å². The molecule has 1 atom stereocenters. The normalized spacial score (nSPS) is 12.6. The fourth-order valence-electron chi connectivity index (χ4n) is 0.401. The first-order chi connectivity index (χ1) is 4.70. The van der Waals surface area contributed by atoms with Gasteiger partial charge in [0.05, 0.1) is 5.75 Å². The van der Waals surface area contributed by atoms with Gasteiger partial charge in [-0.1, -0.05) is 20.4 Å². The molecule has 0 rings (SSSR count). The first-order valence-corrected chi connectivity index (χ1v) is 4.52. The lowest BCUT2D eigenvalue weighted by atomic mass is 10.4. The minimum atomic E-state index is 0.130. The Labute approximate surface area is 66.9 Å². The molecule has 0 aromatic carbocycles. The van der Waals surface area contributed by atoms with Gasteiger partial charge in [0.15, 0.2) is 5.78 Å². The lowest BCUT2D eigenvalue weighted by Crippen LogP contribution is -2.01. The largest absolute Gasteiger partial charge is 0.294 e. The highest BCUT2D eigenvalue weighted by molar-refractivity contribution is 8.00. The van der Waals surface area contributed by atoms with Crippen LogP contribution >= 0.6 is 11.8 Å². The van der Waals surface area contributed by atoms with Crippen molar-refractivity contribution in [3.8, 4) is 0 Å². The summed E-state index contributed by atoms with van der Waals surface area (Å²) in [6, 6.07) is 0. The molecule has 0 bridgehead atoms. The van der Waals surface area contributed by atoms with E-state index in [0.717, 1.165) is 6.42 Å². The molecule has 0 heterocycles. The molecule has 0 aliphatic carbocycles. The van der Waals surface area contributed by atoms with Gasteiger partial charge in [-0.25, -0.2) is 0 Å². The van der Waals surface area contributed by atoms with Crippen molar-refractivity contribution >= 4 is 17.5 Å². The summed E-state index contributed by atoms with van der Waals surface area (Å²) in [6.45, 7) is 7.65. The average Bonchev–Trinajstić information content (AvgIpc) is 1.99. The molecule has 0 N–H and O–H groups in total. The van der Waals surface area contributed by atoms with Crippen molar-refractivity contribution in [1.82, 2.24) is 0 Å². The summed E-state index contributed by atoms with van der Waals surface area (Å²) >= 11 is 1.69. The second-order valence-electron chi connectivity index (χ2n) is 2.20. The quantitative estimate of drug-likeness (QED) is 0.571. The fraction of sp³-hybridized carbons (Fsp3) is 0.625. The number of hydrogen-bond donors (Lipinski definition) is 0. The average molecular weight is 158 g/mol. The molecule has 0 aliphatic heterocycles. The highest BCUT2D eigenvalue weighted by Crippen LogP contribution is 2.12.